The van der Waals surface area contributed by atoms with Crippen LogP contribution in [-0.2, 0) is 0 Å². The molecule has 1 aliphatic rings. The summed E-state index contributed by atoms with van der Waals surface area (Å²) in [5, 5.41) is 9.25. The van der Waals surface area contributed by atoms with Gasteiger partial charge in [0.15, 0.2) is 5.65 Å². The highest BCUT2D eigenvalue weighted by molar-refractivity contribution is 5.98. The first-order chi connectivity index (χ1) is 18.1. The van der Waals surface area contributed by atoms with Crippen molar-refractivity contribution in [1.29, 1.82) is 0 Å². The highest BCUT2D eigenvalue weighted by Crippen LogP contribution is 2.35. The van der Waals surface area contributed by atoms with Gasteiger partial charge in [-0.3, -0.25) is 0 Å². The number of fused-ring (bicyclic) bond motifs is 1. The number of rotatable bonds is 10. The van der Waals surface area contributed by atoms with Crippen LogP contribution in [0.5, 0.6) is 11.5 Å². The molecule has 0 spiro atoms. The van der Waals surface area contributed by atoms with E-state index in [1.165, 1.54) is 32.4 Å². The molecule has 0 amide bonds. The zero-order valence-corrected chi connectivity index (χ0v) is 21.8. The van der Waals surface area contributed by atoms with Crippen molar-refractivity contribution in [3.8, 4) is 22.8 Å². The predicted molar refractivity (Wildman–Crippen MR) is 149 cm³/mol. The third kappa shape index (κ3) is 5.92. The third-order valence-corrected chi connectivity index (χ3v) is 7.44. The summed E-state index contributed by atoms with van der Waals surface area (Å²) in [6.45, 7) is 3.30. The van der Waals surface area contributed by atoms with Crippen LogP contribution in [0.15, 0.2) is 60.9 Å². The van der Waals surface area contributed by atoms with Crippen molar-refractivity contribution in [2.24, 2.45) is 5.92 Å². The number of nitrogens with zero attached hydrogens (tertiary/aromatic N) is 5. The van der Waals surface area contributed by atoms with E-state index >= 15 is 0 Å². The van der Waals surface area contributed by atoms with Gasteiger partial charge in [-0.15, -0.1) is 0 Å². The second-order valence-electron chi connectivity index (χ2n) is 10.1. The minimum absolute atomic E-state index is 0.235. The van der Waals surface area contributed by atoms with E-state index in [0.717, 1.165) is 59.1 Å². The van der Waals surface area contributed by atoms with Crippen LogP contribution >= 0.6 is 0 Å². The molecule has 1 saturated heterocycles. The molecule has 2 aromatic heterocycles. The molecule has 4 aromatic rings. The summed E-state index contributed by atoms with van der Waals surface area (Å²) in [4.78, 5) is 11.4. The normalized spacial score (nSPS) is 15.7. The molecule has 0 bridgehead atoms. The van der Waals surface area contributed by atoms with E-state index in [1.54, 1.807) is 6.33 Å². The molecule has 8 heteroatoms. The fourth-order valence-corrected chi connectivity index (χ4v) is 5.24. The lowest BCUT2D eigenvalue weighted by Gasteiger charge is -2.30. The summed E-state index contributed by atoms with van der Waals surface area (Å²) >= 11 is 0. The number of ether oxygens (including phenoxy) is 1. The van der Waals surface area contributed by atoms with Gasteiger partial charge in [-0.05, 0) is 108 Å². The molecule has 194 valence electrons. The van der Waals surface area contributed by atoms with E-state index in [9.17, 15) is 0 Å². The molecule has 3 heterocycles. The summed E-state index contributed by atoms with van der Waals surface area (Å²) in [5.41, 5.74) is 8.98. The molecule has 1 aliphatic heterocycles. The summed E-state index contributed by atoms with van der Waals surface area (Å²) in [6.07, 6.45) is 7.33. The summed E-state index contributed by atoms with van der Waals surface area (Å²) in [5.74, 6) is 2.80. The summed E-state index contributed by atoms with van der Waals surface area (Å²) < 4.78 is 8.08. The quantitative estimate of drug-likeness (QED) is 0.312. The van der Waals surface area contributed by atoms with Crippen LogP contribution in [0.2, 0.25) is 0 Å². The van der Waals surface area contributed by atoms with Crippen molar-refractivity contribution in [1.82, 2.24) is 30.0 Å². The first-order valence-electron chi connectivity index (χ1n) is 13.3. The highest BCUT2D eigenvalue weighted by atomic mass is 16.5. The number of nitrogens with two attached hydrogens (primary N) is 1. The molecular weight excluding hydrogens is 462 g/mol. The van der Waals surface area contributed by atoms with Crippen LogP contribution in [0.3, 0.4) is 0 Å². The first kappa shape index (κ1) is 25.2. The molecule has 0 radical (unpaired) electrons. The maximum absolute atomic E-state index is 6.40. The van der Waals surface area contributed by atoms with Gasteiger partial charge in [0.25, 0.3) is 0 Å². The van der Waals surface area contributed by atoms with E-state index in [-0.39, 0.29) is 6.04 Å². The van der Waals surface area contributed by atoms with Crippen LogP contribution < -0.4 is 15.8 Å². The Hall–Kier alpha value is -3.49. The lowest BCUT2D eigenvalue weighted by Crippen LogP contribution is -2.30. The number of hydrogen-bond acceptors (Lipinski definition) is 7. The highest BCUT2D eigenvalue weighted by Gasteiger charge is 2.24. The molecule has 1 unspecified atom stereocenters. The van der Waals surface area contributed by atoms with Gasteiger partial charge < -0.3 is 20.7 Å². The van der Waals surface area contributed by atoms with Gasteiger partial charge in [0.1, 0.15) is 29.3 Å². The van der Waals surface area contributed by atoms with E-state index in [0.29, 0.717) is 5.82 Å². The Bertz CT molecular complexity index is 1280. The third-order valence-electron chi connectivity index (χ3n) is 7.44. The number of anilines is 1. The van der Waals surface area contributed by atoms with Crippen LogP contribution in [0.4, 0.5) is 5.82 Å². The number of piperidine rings is 1. The average molecular weight is 500 g/mol. The SMILES string of the molecule is CNCCC(CCC1CCN(C)CC1)n1nc(-c2ccc(Oc3ccccc3)cc2)c2c(N)ncnc21. The number of nitrogens with one attached hydrogen (secondary N) is 1. The lowest BCUT2D eigenvalue weighted by molar-refractivity contribution is 0.202. The molecule has 3 N–H and O–H groups in total. The molecule has 8 nitrogen and oxygen atoms in total. The summed E-state index contributed by atoms with van der Waals surface area (Å²) in [6, 6.07) is 18.0. The Morgan fingerprint density at radius 1 is 1.00 bits per heavy atom. The largest absolute Gasteiger partial charge is 0.457 e. The first-order valence-corrected chi connectivity index (χ1v) is 13.3. The molecule has 0 saturated carbocycles. The Morgan fingerprint density at radius 2 is 1.73 bits per heavy atom. The molecular formula is C29H37N7O. The van der Waals surface area contributed by atoms with E-state index in [2.05, 4.69) is 31.9 Å². The predicted octanol–water partition coefficient (Wildman–Crippen LogP) is 5.14. The number of para-hydroxylation sites is 1. The Balaban J connectivity index is 1.43. The topological polar surface area (TPSA) is 94.1 Å². The van der Waals surface area contributed by atoms with Gasteiger partial charge in [-0.2, -0.15) is 5.10 Å². The monoisotopic (exact) mass is 499 g/mol. The Labute approximate surface area is 218 Å². The van der Waals surface area contributed by atoms with Crippen molar-refractivity contribution in [2.75, 3.05) is 39.5 Å². The van der Waals surface area contributed by atoms with Crippen molar-refractivity contribution in [3.05, 3.63) is 60.9 Å². The zero-order chi connectivity index (χ0) is 25.6. The van der Waals surface area contributed by atoms with Gasteiger partial charge in [0.2, 0.25) is 0 Å². The smallest absolute Gasteiger partial charge is 0.164 e. The maximum Gasteiger partial charge on any atom is 0.164 e. The molecule has 37 heavy (non-hydrogen) atoms. The molecule has 1 fully saturated rings. The van der Waals surface area contributed by atoms with Gasteiger partial charge in [0, 0.05) is 5.56 Å². The fraction of sp³-hybridized carbons (Fsp3) is 0.414. The van der Waals surface area contributed by atoms with Crippen LogP contribution in [0.25, 0.3) is 22.3 Å². The van der Waals surface area contributed by atoms with Gasteiger partial charge >= 0.3 is 0 Å². The van der Waals surface area contributed by atoms with Gasteiger partial charge in [0.05, 0.1) is 11.4 Å². The van der Waals surface area contributed by atoms with E-state index in [4.69, 9.17) is 15.6 Å². The summed E-state index contributed by atoms with van der Waals surface area (Å²) in [7, 11) is 4.22. The fourth-order valence-electron chi connectivity index (χ4n) is 5.24. The standard InChI is InChI=1S/C29H37N7O/c1-31-17-14-23(11-8-21-15-18-35(2)19-16-21)36-29-26(28(30)32-20-33-29)27(34-36)22-9-12-25(13-10-22)37-24-6-4-3-5-7-24/h3-7,9-10,12-13,20-21,23,31H,8,11,14-19H2,1-2H3,(H2,30,32,33). The number of benzene rings is 2. The van der Waals surface area contributed by atoms with Crippen LogP contribution in [0.1, 0.15) is 38.1 Å². The van der Waals surface area contributed by atoms with Crippen molar-refractivity contribution in [3.63, 3.8) is 0 Å². The van der Waals surface area contributed by atoms with E-state index < -0.39 is 0 Å². The molecule has 0 aliphatic carbocycles. The van der Waals surface area contributed by atoms with Gasteiger partial charge in [-0.25, -0.2) is 14.6 Å². The maximum atomic E-state index is 6.40. The number of hydrogen-bond donors (Lipinski definition) is 2. The Morgan fingerprint density at radius 3 is 2.46 bits per heavy atom. The number of aromatic nitrogens is 4. The lowest BCUT2D eigenvalue weighted by atomic mass is 9.90. The second-order valence-corrected chi connectivity index (χ2v) is 10.1. The van der Waals surface area contributed by atoms with Crippen LogP contribution in [-0.4, -0.2) is 58.4 Å². The molecule has 5 rings (SSSR count). The van der Waals surface area contributed by atoms with E-state index in [1.807, 2.05) is 61.6 Å². The zero-order valence-electron chi connectivity index (χ0n) is 21.8. The van der Waals surface area contributed by atoms with Crippen LogP contribution in [0, 0.1) is 5.92 Å². The van der Waals surface area contributed by atoms with Crippen molar-refractivity contribution in [2.45, 2.75) is 38.1 Å². The second kappa shape index (κ2) is 11.7. The van der Waals surface area contributed by atoms with Crippen molar-refractivity contribution >= 4 is 16.9 Å². The Kier molecular flexibility index (Phi) is 7.96. The van der Waals surface area contributed by atoms with Gasteiger partial charge in [-0.1, -0.05) is 18.2 Å². The molecule has 2 aromatic carbocycles. The molecule has 1 atom stereocenters. The average Bonchev–Trinajstić information content (AvgIpc) is 3.32. The van der Waals surface area contributed by atoms with Crippen molar-refractivity contribution < 1.29 is 4.74 Å². The number of likely N-dealkylation sites (tertiary alicyclic amines) is 1. The minimum atomic E-state index is 0.235. The minimum Gasteiger partial charge on any atom is -0.457 e. The number of nitrogen functional groups attached to an aromatic ring is 1.